The fourth-order valence-electron chi connectivity index (χ4n) is 4.15. The van der Waals surface area contributed by atoms with E-state index in [0.717, 1.165) is 55.0 Å². The zero-order chi connectivity index (χ0) is 18.4. The summed E-state index contributed by atoms with van der Waals surface area (Å²) in [4.78, 5) is 4.39. The maximum atomic E-state index is 10.5. The molecule has 7 nitrogen and oxygen atoms in total. The van der Waals surface area contributed by atoms with E-state index in [1.54, 1.807) is 10.7 Å². The first-order valence-corrected chi connectivity index (χ1v) is 12.7. The van der Waals surface area contributed by atoms with Crippen LogP contribution in [-0.4, -0.2) is 36.6 Å². The summed E-state index contributed by atoms with van der Waals surface area (Å²) in [7, 11) is 0. The van der Waals surface area contributed by atoms with Crippen molar-refractivity contribution in [2.75, 3.05) is 5.32 Å². The Morgan fingerprint density at radius 3 is 2.85 bits per heavy atom. The summed E-state index contributed by atoms with van der Waals surface area (Å²) in [6, 6.07) is 3.88. The molecular formula is C17H22IN6OP. The molecule has 2 saturated carbocycles. The van der Waals surface area contributed by atoms with Gasteiger partial charge in [-0.25, -0.2) is 9.50 Å². The Hall–Kier alpha value is -1.25. The summed E-state index contributed by atoms with van der Waals surface area (Å²) in [6.07, 6.45) is 8.55. The molecule has 1 atom stereocenters. The third-order valence-electron chi connectivity index (χ3n) is 5.44. The number of halogens is 1. The molecule has 2 aliphatic rings. The number of allylic oxidation sites excluding steroid dienone is 1. The van der Waals surface area contributed by atoms with E-state index < -0.39 is 5.60 Å². The third kappa shape index (κ3) is 3.34. The molecule has 2 fully saturated rings. The minimum Gasteiger partial charge on any atom is -0.397 e. The van der Waals surface area contributed by atoms with Crippen molar-refractivity contribution in [1.29, 1.82) is 0 Å². The summed E-state index contributed by atoms with van der Waals surface area (Å²) >= 11 is 2.23. The number of fused-ring (bicyclic) bond motifs is 3. The lowest BCUT2D eigenvalue weighted by Gasteiger charge is -2.28. The largest absolute Gasteiger partial charge is 0.397 e. The van der Waals surface area contributed by atoms with E-state index in [0.29, 0.717) is 12.1 Å². The van der Waals surface area contributed by atoms with Gasteiger partial charge in [-0.3, -0.25) is 4.76 Å². The number of nitrogens with zero attached hydrogens (tertiary/aromatic N) is 4. The van der Waals surface area contributed by atoms with Gasteiger partial charge in [-0.2, -0.15) is 0 Å². The zero-order valence-electron chi connectivity index (χ0n) is 14.5. The smallest absolute Gasteiger partial charge is 0.154 e. The summed E-state index contributed by atoms with van der Waals surface area (Å²) < 4.78 is 6.12. The first kappa shape index (κ1) is 18.1. The average molecular weight is 484 g/mol. The molecule has 2 aromatic heterocycles. The first-order valence-electron chi connectivity index (χ1n) is 8.65. The van der Waals surface area contributed by atoms with E-state index in [1.807, 2.05) is 25.1 Å². The lowest BCUT2D eigenvalue weighted by Crippen LogP contribution is -2.33. The van der Waals surface area contributed by atoms with Crippen molar-refractivity contribution in [2.24, 2.45) is 10.5 Å². The molecule has 0 aliphatic heterocycles. The molecule has 4 rings (SSSR count). The van der Waals surface area contributed by atoms with Gasteiger partial charge in [-0.05, 0) is 79.3 Å². The van der Waals surface area contributed by atoms with E-state index in [9.17, 15) is 5.11 Å². The van der Waals surface area contributed by atoms with Crippen LogP contribution in [0.25, 0.3) is 11.3 Å². The van der Waals surface area contributed by atoms with E-state index in [1.165, 1.54) is 0 Å². The van der Waals surface area contributed by atoms with Gasteiger partial charge in [-0.1, -0.05) is 0 Å². The van der Waals surface area contributed by atoms with E-state index in [4.69, 9.17) is 10.8 Å². The molecule has 0 spiro atoms. The van der Waals surface area contributed by atoms with Crippen LogP contribution < -0.4 is 11.1 Å². The van der Waals surface area contributed by atoms with Gasteiger partial charge in [0.15, 0.2) is 5.65 Å². The average Bonchev–Trinajstić information content (AvgIpc) is 3.25. The van der Waals surface area contributed by atoms with Crippen molar-refractivity contribution in [2.45, 2.75) is 50.2 Å². The summed E-state index contributed by atoms with van der Waals surface area (Å²) in [5.74, 6) is 0.787. The molecule has 4 N–H and O–H groups in total. The summed E-state index contributed by atoms with van der Waals surface area (Å²) in [6.45, 7) is 1.93. The topological polar surface area (TPSA) is 101 Å². The molecule has 2 aliphatic carbocycles. The SMILES string of the molecule is CC(/C=C(\N)c1cnc2ccc(NC34CCC(O)(CC3)C4)nn12)=N\PI. The Kier molecular flexibility index (Phi) is 4.69. The van der Waals surface area contributed by atoms with E-state index in [-0.39, 0.29) is 5.54 Å². The van der Waals surface area contributed by atoms with Gasteiger partial charge >= 0.3 is 0 Å². The van der Waals surface area contributed by atoms with Crippen LogP contribution in [0.15, 0.2) is 29.2 Å². The number of aromatic nitrogens is 3. The molecule has 0 amide bonds. The van der Waals surface area contributed by atoms with Crippen molar-refractivity contribution in [3.05, 3.63) is 30.1 Å². The number of hydrogen-bond acceptors (Lipinski definition) is 6. The second-order valence-electron chi connectivity index (χ2n) is 7.38. The highest BCUT2D eigenvalue weighted by molar-refractivity contribution is 14.2. The minimum absolute atomic E-state index is 0.0397. The van der Waals surface area contributed by atoms with Crippen molar-refractivity contribution < 1.29 is 5.11 Å². The Morgan fingerprint density at radius 2 is 2.19 bits per heavy atom. The second kappa shape index (κ2) is 6.73. The lowest BCUT2D eigenvalue weighted by molar-refractivity contribution is 0.0521. The highest BCUT2D eigenvalue weighted by Gasteiger charge is 2.53. The highest BCUT2D eigenvalue weighted by Crippen LogP contribution is 2.51. The molecule has 26 heavy (non-hydrogen) atoms. The van der Waals surface area contributed by atoms with Crippen molar-refractivity contribution >= 4 is 51.3 Å². The van der Waals surface area contributed by atoms with E-state index in [2.05, 4.69) is 37.1 Å². The molecule has 9 heteroatoms. The van der Waals surface area contributed by atoms with Crippen LogP contribution in [-0.2, 0) is 0 Å². The Bertz CT molecular complexity index is 900. The molecule has 1 unspecified atom stereocenters. The van der Waals surface area contributed by atoms with Crippen molar-refractivity contribution in [3.63, 3.8) is 0 Å². The number of nitrogens with one attached hydrogen (secondary N) is 1. The number of rotatable bonds is 5. The maximum Gasteiger partial charge on any atom is 0.154 e. The number of imidazole rings is 1. The standard InChI is InChI=1S/C17H22IN6OP/c1-11(23-26-18)8-12(19)13-9-20-15-3-2-14(22-24(13)15)21-16-4-6-17(25,10-16)7-5-16/h2-3,8-9,25-26H,4-7,10,19H2,1H3,(H,21,22)/b12-8-,23-11+. The predicted molar refractivity (Wildman–Crippen MR) is 115 cm³/mol. The van der Waals surface area contributed by atoms with Gasteiger partial charge in [-0.15, -0.1) is 5.10 Å². The Balaban J connectivity index is 1.64. The molecule has 2 bridgehead atoms. The maximum absolute atomic E-state index is 10.5. The van der Waals surface area contributed by atoms with Gasteiger partial charge in [0.05, 0.1) is 23.9 Å². The van der Waals surface area contributed by atoms with Gasteiger partial charge in [0, 0.05) is 11.3 Å². The third-order valence-corrected chi connectivity index (χ3v) is 6.60. The first-order chi connectivity index (χ1) is 12.4. The van der Waals surface area contributed by atoms with Crippen molar-refractivity contribution in [1.82, 2.24) is 14.6 Å². The highest BCUT2D eigenvalue weighted by atomic mass is 127. The van der Waals surface area contributed by atoms with Crippen molar-refractivity contribution in [3.8, 4) is 0 Å². The fraction of sp³-hybridized carbons (Fsp3) is 0.471. The number of anilines is 1. The minimum atomic E-state index is -0.485. The van der Waals surface area contributed by atoms with Gasteiger partial charge in [0.2, 0.25) is 0 Å². The predicted octanol–water partition coefficient (Wildman–Crippen LogP) is 3.29. The van der Waals surface area contributed by atoms with Crippen LogP contribution in [0.1, 0.15) is 44.7 Å². The monoisotopic (exact) mass is 484 g/mol. The van der Waals surface area contributed by atoms with Gasteiger partial charge < -0.3 is 16.2 Å². The molecule has 0 radical (unpaired) electrons. The Morgan fingerprint density at radius 1 is 1.42 bits per heavy atom. The van der Waals surface area contributed by atoms with Crippen LogP contribution in [0, 0.1) is 0 Å². The van der Waals surface area contributed by atoms with Crippen LogP contribution in [0.2, 0.25) is 0 Å². The molecule has 0 aromatic carbocycles. The van der Waals surface area contributed by atoms with Crippen LogP contribution in [0.5, 0.6) is 0 Å². The lowest BCUT2D eigenvalue weighted by atomic mass is 9.93. The summed E-state index contributed by atoms with van der Waals surface area (Å²) in [5.41, 5.74) is 8.70. The second-order valence-corrected chi connectivity index (χ2v) is 9.22. The fourth-order valence-corrected chi connectivity index (χ4v) is 5.49. The molecule has 138 valence electrons. The summed E-state index contributed by atoms with van der Waals surface area (Å²) in [5, 5.41) is 18.7. The molecule has 0 saturated heterocycles. The Labute approximate surface area is 166 Å². The van der Waals surface area contributed by atoms with Crippen LogP contribution >= 0.6 is 28.4 Å². The van der Waals surface area contributed by atoms with Gasteiger partial charge in [0.1, 0.15) is 11.5 Å². The molecule has 2 aromatic rings. The van der Waals surface area contributed by atoms with Crippen LogP contribution in [0.4, 0.5) is 5.82 Å². The zero-order valence-corrected chi connectivity index (χ0v) is 17.7. The number of hydrogen-bond donors (Lipinski definition) is 3. The normalized spacial score (nSPS) is 29.3. The quantitative estimate of drug-likeness (QED) is 0.344. The molecular weight excluding hydrogens is 462 g/mol. The van der Waals surface area contributed by atoms with E-state index >= 15 is 0 Å². The molecule has 2 heterocycles. The number of nitrogens with two attached hydrogens (primary N) is 1. The van der Waals surface area contributed by atoms with Crippen LogP contribution in [0.3, 0.4) is 0 Å². The van der Waals surface area contributed by atoms with Gasteiger partial charge in [0.25, 0.3) is 0 Å². The number of aliphatic hydroxyl groups is 1.